The number of hydrogen-bond acceptors (Lipinski definition) is 5. The van der Waals surface area contributed by atoms with Gasteiger partial charge < -0.3 is 14.8 Å². The maximum Gasteiger partial charge on any atom is 0.264 e. The number of ether oxygens (including phenoxy) is 2. The summed E-state index contributed by atoms with van der Waals surface area (Å²) in [5.74, 6) is 0.203. The van der Waals surface area contributed by atoms with Crippen LogP contribution >= 0.6 is 0 Å². The molecule has 0 saturated carbocycles. The van der Waals surface area contributed by atoms with E-state index in [1.807, 2.05) is 45.0 Å². The third kappa shape index (κ3) is 5.62. The number of rotatable bonds is 8. The van der Waals surface area contributed by atoms with Crippen molar-refractivity contribution < 1.29 is 27.1 Å². The highest BCUT2D eigenvalue weighted by Gasteiger charge is 2.35. The molecule has 36 heavy (non-hydrogen) atoms. The van der Waals surface area contributed by atoms with Crippen LogP contribution in [0.3, 0.4) is 0 Å². The van der Waals surface area contributed by atoms with Crippen molar-refractivity contribution in [2.75, 3.05) is 17.5 Å². The highest BCUT2D eigenvalue weighted by Crippen LogP contribution is 2.39. The summed E-state index contributed by atoms with van der Waals surface area (Å²) in [7, 11) is -4.15. The van der Waals surface area contributed by atoms with E-state index in [1.165, 1.54) is 24.3 Å². The minimum atomic E-state index is -4.15. The first-order valence-corrected chi connectivity index (χ1v) is 13.1. The number of carbonyl (C=O) groups excluding carboxylic acids is 1. The van der Waals surface area contributed by atoms with Crippen molar-refractivity contribution in [3.05, 3.63) is 84.2 Å². The zero-order valence-corrected chi connectivity index (χ0v) is 21.2. The van der Waals surface area contributed by atoms with Gasteiger partial charge in [0.15, 0.2) is 0 Å². The van der Waals surface area contributed by atoms with Crippen molar-refractivity contribution in [1.29, 1.82) is 0 Å². The molecule has 1 N–H and O–H groups in total. The van der Waals surface area contributed by atoms with Crippen LogP contribution in [0.5, 0.6) is 11.5 Å². The van der Waals surface area contributed by atoms with Crippen LogP contribution in [0.2, 0.25) is 0 Å². The summed E-state index contributed by atoms with van der Waals surface area (Å²) < 4.78 is 53.2. The first-order chi connectivity index (χ1) is 17.1. The monoisotopic (exact) mass is 512 g/mol. The quantitative estimate of drug-likeness (QED) is 0.467. The molecule has 0 saturated heterocycles. The van der Waals surface area contributed by atoms with Crippen molar-refractivity contribution in [1.82, 2.24) is 5.32 Å². The van der Waals surface area contributed by atoms with E-state index in [9.17, 15) is 17.6 Å². The lowest BCUT2D eigenvalue weighted by Crippen LogP contribution is -2.45. The summed E-state index contributed by atoms with van der Waals surface area (Å²) in [5.41, 5.74) is 0.484. The van der Waals surface area contributed by atoms with Crippen molar-refractivity contribution in [2.24, 2.45) is 0 Å². The van der Waals surface area contributed by atoms with Gasteiger partial charge in [-0.05, 0) is 75.4 Å². The molecule has 0 radical (unpaired) electrons. The van der Waals surface area contributed by atoms with Gasteiger partial charge in [0, 0.05) is 12.0 Å². The lowest BCUT2D eigenvalue weighted by Gasteiger charge is -2.38. The Morgan fingerprint density at radius 1 is 1.08 bits per heavy atom. The number of sulfonamides is 1. The second-order valence-corrected chi connectivity index (χ2v) is 11.0. The van der Waals surface area contributed by atoms with Crippen LogP contribution in [0.4, 0.5) is 10.1 Å². The van der Waals surface area contributed by atoms with Gasteiger partial charge in [-0.15, -0.1) is 0 Å². The van der Waals surface area contributed by atoms with E-state index in [0.717, 1.165) is 22.0 Å². The minimum Gasteiger partial charge on any atom is -0.494 e. The third-order valence-corrected chi connectivity index (χ3v) is 7.62. The highest BCUT2D eigenvalue weighted by atomic mass is 32.2. The first kappa shape index (κ1) is 25.5. The SMILES string of the molecule is CCOc1ccc(S(=O)(=O)N(CC(=O)NC2CC(C)(C)Oc3ccccc32)c2ccc(F)cc2)cc1. The van der Waals surface area contributed by atoms with Crippen molar-refractivity contribution in [3.8, 4) is 11.5 Å². The van der Waals surface area contributed by atoms with Crippen molar-refractivity contribution >= 4 is 21.6 Å². The molecule has 1 aliphatic rings. The molecule has 4 rings (SSSR count). The first-order valence-electron chi connectivity index (χ1n) is 11.7. The molecule has 0 bridgehead atoms. The summed E-state index contributed by atoms with van der Waals surface area (Å²) in [5, 5.41) is 2.97. The van der Waals surface area contributed by atoms with E-state index in [4.69, 9.17) is 9.47 Å². The summed E-state index contributed by atoms with van der Waals surface area (Å²) in [6.07, 6.45) is 0.512. The predicted octanol–water partition coefficient (Wildman–Crippen LogP) is 4.84. The van der Waals surface area contributed by atoms with E-state index in [-0.39, 0.29) is 16.6 Å². The fraction of sp³-hybridized carbons (Fsp3) is 0.296. The van der Waals surface area contributed by atoms with Gasteiger partial charge >= 0.3 is 0 Å². The van der Waals surface area contributed by atoms with Gasteiger partial charge in [0.2, 0.25) is 5.91 Å². The minimum absolute atomic E-state index is 0.0133. The molecule has 0 aromatic heterocycles. The molecule has 0 fully saturated rings. The molecule has 0 aliphatic carbocycles. The number of carbonyl (C=O) groups is 1. The maximum absolute atomic E-state index is 13.6. The number of benzene rings is 3. The van der Waals surface area contributed by atoms with Crippen LogP contribution in [0, 0.1) is 5.82 Å². The number of nitrogens with zero attached hydrogens (tertiary/aromatic N) is 1. The summed E-state index contributed by atoms with van der Waals surface area (Å²) in [6, 6.07) is 18.0. The lowest BCUT2D eigenvalue weighted by atomic mass is 9.89. The molecule has 1 atom stereocenters. The van der Waals surface area contributed by atoms with Gasteiger partial charge in [-0.3, -0.25) is 9.10 Å². The third-order valence-electron chi connectivity index (χ3n) is 5.84. The number of anilines is 1. The Morgan fingerprint density at radius 2 is 1.75 bits per heavy atom. The molecule has 3 aromatic rings. The molecule has 1 heterocycles. The predicted molar refractivity (Wildman–Crippen MR) is 135 cm³/mol. The van der Waals surface area contributed by atoms with E-state index < -0.39 is 33.9 Å². The van der Waals surface area contributed by atoms with E-state index in [1.54, 1.807) is 12.1 Å². The molecule has 1 unspecified atom stereocenters. The number of nitrogens with one attached hydrogen (secondary N) is 1. The van der Waals surface area contributed by atoms with E-state index in [2.05, 4.69) is 5.32 Å². The average molecular weight is 513 g/mol. The maximum atomic E-state index is 13.6. The molecule has 7 nitrogen and oxygen atoms in total. The number of fused-ring (bicyclic) bond motifs is 1. The van der Waals surface area contributed by atoms with Crippen LogP contribution < -0.4 is 19.1 Å². The molecule has 1 amide bonds. The number of amides is 1. The van der Waals surface area contributed by atoms with Crippen LogP contribution in [-0.2, 0) is 14.8 Å². The molecule has 9 heteroatoms. The van der Waals surface area contributed by atoms with Gasteiger partial charge in [0.1, 0.15) is 29.5 Å². The topological polar surface area (TPSA) is 84.9 Å². The summed E-state index contributed by atoms with van der Waals surface area (Å²) in [6.45, 7) is 5.66. The molecule has 0 spiro atoms. The Morgan fingerprint density at radius 3 is 2.42 bits per heavy atom. The number of para-hydroxylation sites is 1. The summed E-state index contributed by atoms with van der Waals surface area (Å²) in [4.78, 5) is 13.2. The van der Waals surface area contributed by atoms with E-state index in [0.29, 0.717) is 24.5 Å². The second kappa shape index (κ2) is 10.2. The molecule has 3 aromatic carbocycles. The van der Waals surface area contributed by atoms with Crippen LogP contribution in [0.25, 0.3) is 0 Å². The zero-order chi connectivity index (χ0) is 25.9. The largest absolute Gasteiger partial charge is 0.494 e. The van der Waals surface area contributed by atoms with Gasteiger partial charge in [0.25, 0.3) is 10.0 Å². The fourth-order valence-electron chi connectivity index (χ4n) is 4.23. The van der Waals surface area contributed by atoms with Crippen LogP contribution in [-0.4, -0.2) is 33.1 Å². The molecular weight excluding hydrogens is 483 g/mol. The van der Waals surface area contributed by atoms with Gasteiger partial charge in [-0.25, -0.2) is 12.8 Å². The Bertz CT molecular complexity index is 1330. The Kier molecular flexibility index (Phi) is 7.21. The smallest absolute Gasteiger partial charge is 0.264 e. The lowest BCUT2D eigenvalue weighted by molar-refractivity contribution is -0.120. The average Bonchev–Trinajstić information content (AvgIpc) is 2.83. The number of halogens is 1. The number of hydrogen-bond donors (Lipinski definition) is 1. The Labute approximate surface area is 210 Å². The van der Waals surface area contributed by atoms with E-state index >= 15 is 0 Å². The van der Waals surface area contributed by atoms with Crippen LogP contribution in [0.1, 0.15) is 38.8 Å². The van der Waals surface area contributed by atoms with Crippen molar-refractivity contribution in [2.45, 2.75) is 43.7 Å². The standard InChI is InChI=1S/C27H29FN2O5S/c1-4-34-21-13-15-22(16-14-21)36(32,33)30(20-11-9-19(28)10-12-20)18-26(31)29-24-17-27(2,3)35-25-8-6-5-7-23(24)25/h5-16,24H,4,17-18H2,1-3H3,(H,29,31). The van der Waals surface area contributed by atoms with Crippen LogP contribution in [0.15, 0.2) is 77.7 Å². The molecular formula is C27H29FN2O5S. The Balaban J connectivity index is 1.62. The fourth-order valence-corrected chi connectivity index (χ4v) is 5.65. The zero-order valence-electron chi connectivity index (χ0n) is 20.4. The molecule has 1 aliphatic heterocycles. The van der Waals surface area contributed by atoms with Gasteiger partial charge in [0.05, 0.1) is 23.2 Å². The normalized spacial score (nSPS) is 16.4. The Hall–Kier alpha value is -3.59. The highest BCUT2D eigenvalue weighted by molar-refractivity contribution is 7.92. The second-order valence-electron chi connectivity index (χ2n) is 9.12. The molecule has 190 valence electrons. The van der Waals surface area contributed by atoms with Crippen molar-refractivity contribution in [3.63, 3.8) is 0 Å². The van der Waals surface area contributed by atoms with Gasteiger partial charge in [-0.2, -0.15) is 0 Å². The summed E-state index contributed by atoms with van der Waals surface area (Å²) >= 11 is 0. The van der Waals surface area contributed by atoms with Gasteiger partial charge in [-0.1, -0.05) is 18.2 Å².